The summed E-state index contributed by atoms with van der Waals surface area (Å²) in [4.78, 5) is 4.34. The second-order valence-corrected chi connectivity index (χ2v) is 4.32. The van der Waals surface area contributed by atoms with Gasteiger partial charge in [-0.2, -0.15) is 0 Å². The first-order valence-electron chi connectivity index (χ1n) is 5.90. The maximum absolute atomic E-state index is 5.97. The number of ether oxygens (including phenoxy) is 1. The van der Waals surface area contributed by atoms with Crippen molar-refractivity contribution in [3.05, 3.63) is 35.7 Å². The molecule has 1 aromatic carbocycles. The topological polar surface area (TPSA) is 79.1 Å². The van der Waals surface area contributed by atoms with Gasteiger partial charge in [0.05, 0.1) is 24.9 Å². The maximum atomic E-state index is 5.97. The Balaban J connectivity index is 2.10. The van der Waals surface area contributed by atoms with E-state index in [0.29, 0.717) is 18.2 Å². The van der Waals surface area contributed by atoms with Gasteiger partial charge in [-0.25, -0.2) is 4.98 Å². The molecule has 0 aliphatic carbocycles. The summed E-state index contributed by atoms with van der Waals surface area (Å²) in [6, 6.07) is 7.60. The largest absolute Gasteiger partial charge is 0.494 e. The molecule has 19 heavy (non-hydrogen) atoms. The molecular formula is C13H14N4O2. The van der Waals surface area contributed by atoms with E-state index in [1.54, 1.807) is 7.11 Å². The summed E-state index contributed by atoms with van der Waals surface area (Å²) in [6.45, 7) is 2.38. The molecule has 0 amide bonds. The number of nitrogens with two attached hydrogens (primary N) is 1. The summed E-state index contributed by atoms with van der Waals surface area (Å²) in [5.74, 6) is 1.87. The summed E-state index contributed by atoms with van der Waals surface area (Å²) >= 11 is 0. The molecule has 0 unspecified atom stereocenters. The van der Waals surface area contributed by atoms with Gasteiger partial charge in [-0.1, -0.05) is 11.2 Å². The van der Waals surface area contributed by atoms with Gasteiger partial charge >= 0.3 is 0 Å². The molecule has 3 aromatic rings. The highest BCUT2D eigenvalue weighted by atomic mass is 16.5. The quantitative estimate of drug-likeness (QED) is 0.777. The predicted molar refractivity (Wildman–Crippen MR) is 71.0 cm³/mol. The lowest BCUT2D eigenvalue weighted by Gasteiger charge is -2.04. The van der Waals surface area contributed by atoms with Crippen molar-refractivity contribution < 1.29 is 9.26 Å². The van der Waals surface area contributed by atoms with E-state index in [-0.39, 0.29) is 0 Å². The average molecular weight is 258 g/mol. The third-order valence-electron chi connectivity index (χ3n) is 2.98. The lowest BCUT2D eigenvalue weighted by Crippen LogP contribution is -2.03. The highest BCUT2D eigenvalue weighted by molar-refractivity contribution is 5.84. The maximum Gasteiger partial charge on any atom is 0.201 e. The van der Waals surface area contributed by atoms with E-state index in [4.69, 9.17) is 15.0 Å². The molecule has 0 bridgehead atoms. The molecule has 2 N–H and O–H groups in total. The van der Waals surface area contributed by atoms with Crippen molar-refractivity contribution >= 4 is 17.0 Å². The van der Waals surface area contributed by atoms with Crippen LogP contribution in [0.4, 0.5) is 5.95 Å². The predicted octanol–water partition coefficient (Wildman–Crippen LogP) is 1.97. The second-order valence-electron chi connectivity index (χ2n) is 4.32. The Morgan fingerprint density at radius 1 is 1.42 bits per heavy atom. The number of hydrogen-bond acceptors (Lipinski definition) is 5. The number of imidazole rings is 1. The van der Waals surface area contributed by atoms with Crippen LogP contribution >= 0.6 is 0 Å². The van der Waals surface area contributed by atoms with E-state index < -0.39 is 0 Å². The highest BCUT2D eigenvalue weighted by Gasteiger charge is 2.13. The van der Waals surface area contributed by atoms with Crippen LogP contribution in [-0.2, 0) is 6.54 Å². The van der Waals surface area contributed by atoms with E-state index in [0.717, 1.165) is 22.5 Å². The smallest absolute Gasteiger partial charge is 0.201 e. The minimum absolute atomic E-state index is 0.425. The van der Waals surface area contributed by atoms with Crippen molar-refractivity contribution in [2.75, 3.05) is 12.8 Å². The zero-order chi connectivity index (χ0) is 13.4. The van der Waals surface area contributed by atoms with Crippen LogP contribution in [0.2, 0.25) is 0 Å². The van der Waals surface area contributed by atoms with Gasteiger partial charge in [-0.3, -0.25) is 0 Å². The first-order valence-corrected chi connectivity index (χ1v) is 5.90. The van der Waals surface area contributed by atoms with Gasteiger partial charge in [-0.05, 0) is 19.1 Å². The average Bonchev–Trinajstić information content (AvgIpc) is 2.94. The summed E-state index contributed by atoms with van der Waals surface area (Å²) in [5.41, 5.74) is 8.47. The lowest BCUT2D eigenvalue weighted by atomic mass is 10.3. The molecule has 0 aliphatic heterocycles. The van der Waals surface area contributed by atoms with Crippen molar-refractivity contribution in [1.82, 2.24) is 14.7 Å². The van der Waals surface area contributed by atoms with E-state index in [1.165, 1.54) is 0 Å². The van der Waals surface area contributed by atoms with Gasteiger partial charge in [-0.15, -0.1) is 0 Å². The number of para-hydroxylation sites is 1. The Kier molecular flexibility index (Phi) is 2.63. The monoisotopic (exact) mass is 258 g/mol. The number of benzene rings is 1. The van der Waals surface area contributed by atoms with Crippen molar-refractivity contribution in [3.63, 3.8) is 0 Å². The van der Waals surface area contributed by atoms with Gasteiger partial charge in [0.25, 0.3) is 0 Å². The van der Waals surface area contributed by atoms with Crippen LogP contribution in [0, 0.1) is 6.92 Å². The van der Waals surface area contributed by atoms with Crippen molar-refractivity contribution in [2.24, 2.45) is 0 Å². The summed E-state index contributed by atoms with van der Waals surface area (Å²) in [7, 11) is 1.61. The number of fused-ring (bicyclic) bond motifs is 1. The van der Waals surface area contributed by atoms with E-state index >= 15 is 0 Å². The fourth-order valence-corrected chi connectivity index (χ4v) is 2.12. The Morgan fingerprint density at radius 3 is 2.95 bits per heavy atom. The number of nitrogen functional groups attached to an aromatic ring is 1. The SMILES string of the molecule is COc1cccc2c1nc(N)n2Cc1cc(C)no1. The van der Waals surface area contributed by atoms with Crippen LogP contribution in [0.1, 0.15) is 11.5 Å². The van der Waals surface area contributed by atoms with Crippen LogP contribution in [0.25, 0.3) is 11.0 Å². The summed E-state index contributed by atoms with van der Waals surface area (Å²) < 4.78 is 12.4. The number of aromatic nitrogens is 3. The molecule has 6 heteroatoms. The number of aryl methyl sites for hydroxylation is 1. The molecule has 0 aliphatic rings. The highest BCUT2D eigenvalue weighted by Crippen LogP contribution is 2.27. The van der Waals surface area contributed by atoms with Gasteiger partial charge in [0, 0.05) is 6.07 Å². The van der Waals surface area contributed by atoms with Crippen LogP contribution in [0.3, 0.4) is 0 Å². The second kappa shape index (κ2) is 4.31. The van der Waals surface area contributed by atoms with Crippen LogP contribution < -0.4 is 10.5 Å². The van der Waals surface area contributed by atoms with Crippen molar-refractivity contribution in [3.8, 4) is 5.75 Å². The number of nitrogens with zero attached hydrogens (tertiary/aromatic N) is 3. The number of anilines is 1. The Morgan fingerprint density at radius 2 is 2.26 bits per heavy atom. The van der Waals surface area contributed by atoms with Crippen LogP contribution in [-0.4, -0.2) is 21.8 Å². The first-order chi connectivity index (χ1) is 9.19. The molecule has 98 valence electrons. The Labute approximate surface area is 109 Å². The molecule has 0 atom stereocenters. The number of rotatable bonds is 3. The molecule has 0 fully saturated rings. The molecule has 2 heterocycles. The fraction of sp³-hybridized carbons (Fsp3) is 0.231. The van der Waals surface area contributed by atoms with Crippen molar-refractivity contribution in [1.29, 1.82) is 0 Å². The van der Waals surface area contributed by atoms with Gasteiger partial charge in [0.1, 0.15) is 11.3 Å². The van der Waals surface area contributed by atoms with E-state index in [1.807, 2.05) is 35.8 Å². The Hall–Kier alpha value is -2.50. The van der Waals surface area contributed by atoms with Gasteiger partial charge in [0.15, 0.2) is 5.76 Å². The molecular weight excluding hydrogens is 244 g/mol. The van der Waals surface area contributed by atoms with Gasteiger partial charge < -0.3 is 19.6 Å². The third kappa shape index (κ3) is 1.91. The van der Waals surface area contributed by atoms with E-state index in [9.17, 15) is 0 Å². The summed E-state index contributed by atoms with van der Waals surface area (Å²) in [6.07, 6.45) is 0. The Bertz CT molecular complexity index is 729. The normalized spacial score (nSPS) is 11.1. The first kappa shape index (κ1) is 11.6. The number of methoxy groups -OCH3 is 1. The molecule has 0 saturated heterocycles. The fourth-order valence-electron chi connectivity index (χ4n) is 2.12. The van der Waals surface area contributed by atoms with Gasteiger partial charge in [0.2, 0.25) is 5.95 Å². The molecule has 0 radical (unpaired) electrons. The minimum atomic E-state index is 0.425. The zero-order valence-corrected chi connectivity index (χ0v) is 10.8. The molecule has 3 rings (SSSR count). The summed E-state index contributed by atoms with van der Waals surface area (Å²) in [5, 5.41) is 3.87. The van der Waals surface area contributed by atoms with E-state index in [2.05, 4.69) is 10.1 Å². The number of hydrogen-bond donors (Lipinski definition) is 1. The molecule has 0 saturated carbocycles. The molecule has 2 aromatic heterocycles. The van der Waals surface area contributed by atoms with Crippen LogP contribution in [0.15, 0.2) is 28.8 Å². The minimum Gasteiger partial charge on any atom is -0.494 e. The third-order valence-corrected chi connectivity index (χ3v) is 2.98. The van der Waals surface area contributed by atoms with Crippen molar-refractivity contribution in [2.45, 2.75) is 13.5 Å². The van der Waals surface area contributed by atoms with Crippen LogP contribution in [0.5, 0.6) is 5.75 Å². The zero-order valence-electron chi connectivity index (χ0n) is 10.8. The lowest BCUT2D eigenvalue weighted by molar-refractivity contribution is 0.374. The molecule has 0 spiro atoms. The standard InChI is InChI=1S/C13H14N4O2/c1-8-6-9(19-16-8)7-17-10-4-3-5-11(18-2)12(10)15-13(17)14/h3-6H,7H2,1-2H3,(H2,14,15). The molecule has 6 nitrogen and oxygen atoms in total.